The molecule has 0 unspecified atom stereocenters. The van der Waals surface area contributed by atoms with Gasteiger partial charge in [0.1, 0.15) is 0 Å². The van der Waals surface area contributed by atoms with Crippen LogP contribution in [0.4, 0.5) is 5.13 Å². The molecule has 0 saturated carbocycles. The normalized spacial score (nSPS) is 10.8. The van der Waals surface area contributed by atoms with Crippen molar-refractivity contribution in [1.29, 1.82) is 0 Å². The number of hydrogen-bond acceptors (Lipinski definition) is 6. The highest BCUT2D eigenvalue weighted by atomic mass is 32.1. The highest BCUT2D eigenvalue weighted by Gasteiger charge is 2.15. The van der Waals surface area contributed by atoms with Gasteiger partial charge in [-0.05, 0) is 30.2 Å². The maximum Gasteiger partial charge on any atom is 0.226 e. The topological polar surface area (TPSA) is 85.5 Å². The number of ether oxygens (including phenoxy) is 3. The van der Waals surface area contributed by atoms with Crippen LogP contribution in [0.3, 0.4) is 0 Å². The number of hydrogen-bond donors (Lipinski definition) is 2. The third-order valence-corrected chi connectivity index (χ3v) is 5.74. The Bertz CT molecular complexity index is 1190. The van der Waals surface area contributed by atoms with Crippen LogP contribution in [0.2, 0.25) is 0 Å². The average molecular weight is 438 g/mol. The molecule has 2 N–H and O–H groups in total. The third-order valence-electron chi connectivity index (χ3n) is 4.98. The number of rotatable bonds is 8. The summed E-state index contributed by atoms with van der Waals surface area (Å²) in [5, 5.41) is 6.53. The van der Waals surface area contributed by atoms with Crippen molar-refractivity contribution in [1.82, 2.24) is 9.97 Å². The van der Waals surface area contributed by atoms with E-state index < -0.39 is 0 Å². The summed E-state index contributed by atoms with van der Waals surface area (Å²) in [5.41, 5.74) is 3.83. The van der Waals surface area contributed by atoms with E-state index in [0.717, 1.165) is 27.7 Å². The predicted molar refractivity (Wildman–Crippen MR) is 122 cm³/mol. The highest BCUT2D eigenvalue weighted by Crippen LogP contribution is 2.38. The van der Waals surface area contributed by atoms with Crippen LogP contribution < -0.4 is 19.5 Å². The predicted octanol–water partition coefficient (Wildman–Crippen LogP) is 4.89. The van der Waals surface area contributed by atoms with Crippen molar-refractivity contribution in [2.75, 3.05) is 26.6 Å². The second-order valence-electron chi connectivity index (χ2n) is 6.87. The summed E-state index contributed by atoms with van der Waals surface area (Å²) < 4.78 is 16.1. The Balaban J connectivity index is 1.42. The number of aromatic amines is 1. The molecule has 160 valence electrons. The molecule has 8 heteroatoms. The molecule has 1 amide bonds. The van der Waals surface area contributed by atoms with E-state index in [-0.39, 0.29) is 5.91 Å². The number of benzene rings is 2. The number of carbonyl (C=O) groups excluding carboxylic acids is 1. The van der Waals surface area contributed by atoms with Crippen LogP contribution in [0.15, 0.2) is 48.0 Å². The molecule has 0 aliphatic heterocycles. The van der Waals surface area contributed by atoms with Gasteiger partial charge in [-0.15, -0.1) is 11.3 Å². The van der Waals surface area contributed by atoms with Gasteiger partial charge in [-0.1, -0.05) is 18.2 Å². The van der Waals surface area contributed by atoms with Crippen molar-refractivity contribution in [3.63, 3.8) is 0 Å². The summed E-state index contributed by atoms with van der Waals surface area (Å²) >= 11 is 1.41. The molecule has 31 heavy (non-hydrogen) atoms. The minimum absolute atomic E-state index is 0.103. The average Bonchev–Trinajstić information content (AvgIpc) is 3.43. The molecule has 2 aromatic carbocycles. The van der Waals surface area contributed by atoms with Crippen molar-refractivity contribution in [3.05, 3.63) is 53.5 Å². The summed E-state index contributed by atoms with van der Waals surface area (Å²) in [6.45, 7) is 0. The lowest BCUT2D eigenvalue weighted by Crippen LogP contribution is -2.12. The Labute approximate surface area is 184 Å². The van der Waals surface area contributed by atoms with Gasteiger partial charge in [-0.3, -0.25) is 4.79 Å². The van der Waals surface area contributed by atoms with Crippen LogP contribution in [-0.4, -0.2) is 37.2 Å². The summed E-state index contributed by atoms with van der Waals surface area (Å²) in [4.78, 5) is 20.3. The first-order valence-corrected chi connectivity index (χ1v) is 10.6. The number of nitrogens with one attached hydrogen (secondary N) is 2. The number of amides is 1. The van der Waals surface area contributed by atoms with Gasteiger partial charge in [0.25, 0.3) is 0 Å². The van der Waals surface area contributed by atoms with Crippen molar-refractivity contribution in [2.24, 2.45) is 0 Å². The fourth-order valence-electron chi connectivity index (χ4n) is 3.46. The molecule has 4 rings (SSSR count). The Kier molecular flexibility index (Phi) is 6.08. The fourth-order valence-corrected chi connectivity index (χ4v) is 4.18. The van der Waals surface area contributed by atoms with Gasteiger partial charge >= 0.3 is 0 Å². The summed E-state index contributed by atoms with van der Waals surface area (Å²) in [6.07, 6.45) is 2.78. The Morgan fingerprint density at radius 2 is 1.84 bits per heavy atom. The molecular formula is C23H23N3O4S. The molecule has 2 heterocycles. The highest BCUT2D eigenvalue weighted by molar-refractivity contribution is 7.14. The molecule has 0 aliphatic rings. The summed E-state index contributed by atoms with van der Waals surface area (Å²) in [6, 6.07) is 11.8. The zero-order chi connectivity index (χ0) is 21.8. The van der Waals surface area contributed by atoms with E-state index in [2.05, 4.69) is 21.4 Å². The first-order chi connectivity index (χ1) is 15.1. The first kappa shape index (κ1) is 20.7. The molecule has 4 aromatic rings. The van der Waals surface area contributed by atoms with Gasteiger partial charge in [0.2, 0.25) is 11.7 Å². The number of aromatic nitrogens is 2. The third kappa shape index (κ3) is 4.34. The molecule has 0 bridgehead atoms. The van der Waals surface area contributed by atoms with E-state index in [4.69, 9.17) is 14.2 Å². The number of para-hydroxylation sites is 1. The van der Waals surface area contributed by atoms with Crippen LogP contribution in [0.25, 0.3) is 22.2 Å². The maximum atomic E-state index is 12.5. The standard InChI is InChI=1S/C23H23N3O4S/c1-28-19-10-14(11-20(29-2)22(19)30-3)8-9-21(27)26-23-25-18(13-31-23)16-12-24-17-7-5-4-6-15(16)17/h4-7,10-13,24H,8-9H2,1-3H3,(H,25,26,27). The molecule has 0 aliphatic carbocycles. The first-order valence-electron chi connectivity index (χ1n) is 9.73. The molecular weight excluding hydrogens is 414 g/mol. The smallest absolute Gasteiger partial charge is 0.226 e. The van der Waals surface area contributed by atoms with Crippen molar-refractivity contribution in [3.8, 4) is 28.5 Å². The van der Waals surface area contributed by atoms with Gasteiger partial charge in [0, 0.05) is 34.5 Å². The van der Waals surface area contributed by atoms with Crippen LogP contribution in [0.5, 0.6) is 17.2 Å². The number of carbonyl (C=O) groups is 1. The molecule has 0 radical (unpaired) electrons. The second-order valence-corrected chi connectivity index (χ2v) is 7.73. The van der Waals surface area contributed by atoms with Gasteiger partial charge < -0.3 is 24.5 Å². The van der Waals surface area contributed by atoms with E-state index in [9.17, 15) is 4.79 Å². The number of methoxy groups -OCH3 is 3. The Hall–Kier alpha value is -3.52. The quantitative estimate of drug-likeness (QED) is 0.410. The molecule has 0 atom stereocenters. The number of fused-ring (bicyclic) bond motifs is 1. The summed E-state index contributed by atoms with van der Waals surface area (Å²) in [5.74, 6) is 1.57. The number of nitrogens with zero attached hydrogens (tertiary/aromatic N) is 1. The van der Waals surface area contributed by atoms with Gasteiger partial charge in [0.15, 0.2) is 16.6 Å². The summed E-state index contributed by atoms with van der Waals surface area (Å²) in [7, 11) is 4.70. The monoisotopic (exact) mass is 437 g/mol. The fraction of sp³-hybridized carbons (Fsp3) is 0.217. The minimum Gasteiger partial charge on any atom is -0.493 e. The molecule has 7 nitrogen and oxygen atoms in total. The van der Waals surface area contributed by atoms with Crippen LogP contribution in [0.1, 0.15) is 12.0 Å². The molecule has 0 saturated heterocycles. The number of aryl methyl sites for hydroxylation is 1. The minimum atomic E-state index is -0.103. The lowest BCUT2D eigenvalue weighted by molar-refractivity contribution is -0.116. The van der Waals surface area contributed by atoms with E-state index in [0.29, 0.717) is 35.2 Å². The number of H-pyrrole nitrogens is 1. The molecule has 0 spiro atoms. The van der Waals surface area contributed by atoms with E-state index in [1.165, 1.54) is 11.3 Å². The van der Waals surface area contributed by atoms with E-state index in [1.54, 1.807) is 21.3 Å². The van der Waals surface area contributed by atoms with Gasteiger partial charge in [-0.2, -0.15) is 0 Å². The Morgan fingerprint density at radius 3 is 2.55 bits per heavy atom. The van der Waals surface area contributed by atoms with Gasteiger partial charge in [-0.25, -0.2) is 4.98 Å². The van der Waals surface area contributed by atoms with E-state index in [1.807, 2.05) is 41.9 Å². The van der Waals surface area contributed by atoms with Crippen LogP contribution in [-0.2, 0) is 11.2 Å². The molecule has 0 fully saturated rings. The van der Waals surface area contributed by atoms with Crippen LogP contribution >= 0.6 is 11.3 Å². The van der Waals surface area contributed by atoms with Crippen molar-refractivity contribution in [2.45, 2.75) is 12.8 Å². The van der Waals surface area contributed by atoms with Crippen molar-refractivity contribution >= 4 is 33.3 Å². The van der Waals surface area contributed by atoms with Crippen molar-refractivity contribution < 1.29 is 19.0 Å². The molecule has 2 aromatic heterocycles. The largest absolute Gasteiger partial charge is 0.493 e. The van der Waals surface area contributed by atoms with Crippen LogP contribution in [0, 0.1) is 0 Å². The maximum absolute atomic E-state index is 12.5. The van der Waals surface area contributed by atoms with E-state index >= 15 is 0 Å². The SMILES string of the molecule is COc1cc(CCC(=O)Nc2nc(-c3c[nH]c4ccccc34)cs2)cc(OC)c1OC. The number of anilines is 1. The number of thiazole rings is 1. The Morgan fingerprint density at radius 1 is 1.10 bits per heavy atom. The zero-order valence-electron chi connectivity index (χ0n) is 17.5. The lowest BCUT2D eigenvalue weighted by Gasteiger charge is -2.14. The second kappa shape index (κ2) is 9.09. The lowest BCUT2D eigenvalue weighted by atomic mass is 10.1. The zero-order valence-corrected chi connectivity index (χ0v) is 18.3. The van der Waals surface area contributed by atoms with Gasteiger partial charge in [0.05, 0.1) is 27.0 Å².